The minimum atomic E-state index is -4.51. The van der Waals surface area contributed by atoms with Crippen LogP contribution in [0, 0.1) is 0 Å². The van der Waals surface area contributed by atoms with Crippen LogP contribution in [-0.2, 0) is 6.18 Å². The first-order chi connectivity index (χ1) is 12.9. The van der Waals surface area contributed by atoms with Crippen LogP contribution < -0.4 is 15.4 Å². The van der Waals surface area contributed by atoms with E-state index in [-0.39, 0.29) is 42.2 Å². The molecule has 1 saturated heterocycles. The number of carbonyl (C=O) groups is 1. The Morgan fingerprint density at radius 2 is 2.18 bits per heavy atom. The fourth-order valence-electron chi connectivity index (χ4n) is 2.99. The summed E-state index contributed by atoms with van der Waals surface area (Å²) in [5.41, 5.74) is -0.758. The first kappa shape index (κ1) is 22.0. The van der Waals surface area contributed by atoms with E-state index in [9.17, 15) is 18.0 Å². The molecule has 1 amide bonds. The molecule has 2 aromatic rings. The molecule has 3 rings (SSSR count). The number of piperidine rings is 1. The number of carbonyl (C=O) groups excluding carboxylic acids is 1. The topological polar surface area (TPSA) is 68.2 Å². The average Bonchev–Trinajstić information content (AvgIpc) is 3.13. The van der Waals surface area contributed by atoms with Gasteiger partial charge in [0.2, 0.25) is 0 Å². The molecule has 154 valence electrons. The third-order valence-corrected chi connectivity index (χ3v) is 4.34. The van der Waals surface area contributed by atoms with E-state index >= 15 is 0 Å². The molecule has 1 fully saturated rings. The molecule has 1 unspecified atom stereocenters. The maximum atomic E-state index is 13.0. The van der Waals surface area contributed by atoms with Crippen molar-refractivity contribution in [3.8, 4) is 5.75 Å². The zero-order valence-corrected chi connectivity index (χ0v) is 16.1. The van der Waals surface area contributed by atoms with Crippen molar-refractivity contribution in [2.45, 2.75) is 32.0 Å². The molecule has 1 aromatic heterocycles. The van der Waals surface area contributed by atoms with Crippen molar-refractivity contribution in [3.63, 3.8) is 0 Å². The van der Waals surface area contributed by atoms with Crippen LogP contribution in [0.3, 0.4) is 0 Å². The molecule has 1 aliphatic rings. The predicted octanol–water partition coefficient (Wildman–Crippen LogP) is 3.90. The molecule has 6 nitrogen and oxygen atoms in total. The lowest BCUT2D eigenvalue weighted by molar-refractivity contribution is -0.137. The molecule has 2 heterocycles. The minimum Gasteiger partial charge on any atom is -0.492 e. The Morgan fingerprint density at radius 3 is 2.82 bits per heavy atom. The van der Waals surface area contributed by atoms with Gasteiger partial charge in [0.15, 0.2) is 5.69 Å². The second-order valence-electron chi connectivity index (χ2n) is 6.28. The van der Waals surface area contributed by atoms with E-state index in [4.69, 9.17) is 4.74 Å². The number of anilines is 1. The van der Waals surface area contributed by atoms with Gasteiger partial charge in [-0.2, -0.15) is 18.3 Å². The highest BCUT2D eigenvalue weighted by Crippen LogP contribution is 2.35. The quantitative estimate of drug-likeness (QED) is 0.772. The second kappa shape index (κ2) is 9.29. The lowest BCUT2D eigenvalue weighted by Gasteiger charge is -2.22. The summed E-state index contributed by atoms with van der Waals surface area (Å²) in [6.07, 6.45) is -0.826. The smallest absolute Gasteiger partial charge is 0.416 e. The van der Waals surface area contributed by atoms with E-state index in [1.807, 2.05) is 0 Å². The normalized spacial score (nSPS) is 16.9. The van der Waals surface area contributed by atoms with E-state index < -0.39 is 17.6 Å². The van der Waals surface area contributed by atoms with E-state index in [1.54, 1.807) is 23.9 Å². The number of ether oxygens (including phenoxy) is 1. The Morgan fingerprint density at radius 1 is 1.39 bits per heavy atom. The first-order valence-electron chi connectivity index (χ1n) is 8.79. The summed E-state index contributed by atoms with van der Waals surface area (Å²) in [5, 5.41) is 10.0. The van der Waals surface area contributed by atoms with Gasteiger partial charge in [0.25, 0.3) is 5.91 Å². The number of nitrogens with zero attached hydrogens (tertiary/aromatic N) is 2. The van der Waals surface area contributed by atoms with Gasteiger partial charge in [0.1, 0.15) is 5.75 Å². The number of aromatic nitrogens is 2. The van der Waals surface area contributed by atoms with Crippen LogP contribution in [0.2, 0.25) is 0 Å². The Balaban J connectivity index is 0.00000280. The second-order valence-corrected chi connectivity index (χ2v) is 6.28. The van der Waals surface area contributed by atoms with Crippen molar-refractivity contribution in [2.75, 3.05) is 25.0 Å². The summed E-state index contributed by atoms with van der Waals surface area (Å²) in [4.78, 5) is 12.5. The molecule has 0 spiro atoms. The van der Waals surface area contributed by atoms with Crippen LogP contribution in [0.4, 0.5) is 18.9 Å². The number of amides is 1. The number of nitrogens with one attached hydrogen (secondary N) is 2. The fourth-order valence-corrected chi connectivity index (χ4v) is 2.99. The molecule has 0 radical (unpaired) electrons. The zero-order chi connectivity index (χ0) is 19.4. The van der Waals surface area contributed by atoms with Crippen molar-refractivity contribution in [1.29, 1.82) is 0 Å². The molecule has 28 heavy (non-hydrogen) atoms. The van der Waals surface area contributed by atoms with Gasteiger partial charge in [-0.25, -0.2) is 0 Å². The number of hydrogen-bond donors (Lipinski definition) is 2. The van der Waals surface area contributed by atoms with E-state index in [0.29, 0.717) is 0 Å². The molecule has 0 aliphatic carbocycles. The summed E-state index contributed by atoms with van der Waals surface area (Å²) in [5.74, 6) is -0.410. The number of rotatable bonds is 5. The summed E-state index contributed by atoms with van der Waals surface area (Å²) < 4.78 is 46.0. The summed E-state index contributed by atoms with van der Waals surface area (Å²) in [6.45, 7) is 3.70. The van der Waals surface area contributed by atoms with Crippen LogP contribution in [-0.4, -0.2) is 35.4 Å². The molecule has 1 aromatic carbocycles. The average molecular weight is 419 g/mol. The van der Waals surface area contributed by atoms with Gasteiger partial charge in [-0.1, -0.05) is 0 Å². The van der Waals surface area contributed by atoms with Crippen LogP contribution in [0.25, 0.3) is 0 Å². The van der Waals surface area contributed by atoms with Gasteiger partial charge in [0.05, 0.1) is 23.9 Å². The molecular formula is C18H22ClF3N4O2. The van der Waals surface area contributed by atoms with Gasteiger partial charge in [0, 0.05) is 12.7 Å². The van der Waals surface area contributed by atoms with E-state index in [0.717, 1.165) is 38.1 Å². The SMILES string of the molecule is CCOc1ccc(C(F)(F)F)cc1NC(=O)c1ccn(C2CCCNC2)n1.Cl. The van der Waals surface area contributed by atoms with Crippen molar-refractivity contribution < 1.29 is 22.7 Å². The first-order valence-corrected chi connectivity index (χ1v) is 8.79. The lowest BCUT2D eigenvalue weighted by atomic mass is 10.1. The summed E-state index contributed by atoms with van der Waals surface area (Å²) in [6, 6.07) is 4.70. The van der Waals surface area contributed by atoms with Gasteiger partial charge in [-0.05, 0) is 50.6 Å². The Kier molecular flexibility index (Phi) is 7.31. The summed E-state index contributed by atoms with van der Waals surface area (Å²) >= 11 is 0. The molecule has 1 aliphatic heterocycles. The molecule has 0 bridgehead atoms. The van der Waals surface area contributed by atoms with Crippen molar-refractivity contribution >= 4 is 24.0 Å². The van der Waals surface area contributed by atoms with E-state index in [1.165, 1.54) is 6.07 Å². The van der Waals surface area contributed by atoms with Gasteiger partial charge < -0.3 is 15.4 Å². The van der Waals surface area contributed by atoms with Crippen molar-refractivity contribution in [2.24, 2.45) is 0 Å². The monoisotopic (exact) mass is 418 g/mol. The minimum absolute atomic E-state index is 0. The highest BCUT2D eigenvalue weighted by atomic mass is 35.5. The molecule has 2 N–H and O–H groups in total. The predicted molar refractivity (Wildman–Crippen MR) is 101 cm³/mol. The van der Waals surface area contributed by atoms with Crippen LogP contribution >= 0.6 is 12.4 Å². The highest BCUT2D eigenvalue weighted by molar-refractivity contribution is 6.03. The Labute approximate surface area is 166 Å². The number of halogens is 4. The van der Waals surface area contributed by atoms with Crippen LogP contribution in [0.15, 0.2) is 30.5 Å². The Bertz CT molecular complexity index is 804. The van der Waals surface area contributed by atoms with Crippen LogP contribution in [0.1, 0.15) is 41.9 Å². The maximum absolute atomic E-state index is 13.0. The lowest BCUT2D eigenvalue weighted by Crippen LogP contribution is -2.32. The van der Waals surface area contributed by atoms with E-state index in [2.05, 4.69) is 15.7 Å². The number of alkyl halides is 3. The van der Waals surface area contributed by atoms with Gasteiger partial charge in [-0.3, -0.25) is 9.48 Å². The maximum Gasteiger partial charge on any atom is 0.416 e. The van der Waals surface area contributed by atoms with Gasteiger partial charge in [-0.15, -0.1) is 12.4 Å². The molecule has 1 atom stereocenters. The third-order valence-electron chi connectivity index (χ3n) is 4.34. The largest absolute Gasteiger partial charge is 0.492 e. The number of benzene rings is 1. The van der Waals surface area contributed by atoms with Crippen molar-refractivity contribution in [1.82, 2.24) is 15.1 Å². The van der Waals surface area contributed by atoms with Crippen LogP contribution in [0.5, 0.6) is 5.75 Å². The highest BCUT2D eigenvalue weighted by Gasteiger charge is 2.31. The third kappa shape index (κ3) is 5.17. The van der Waals surface area contributed by atoms with Gasteiger partial charge >= 0.3 is 6.18 Å². The van der Waals surface area contributed by atoms with Crippen molar-refractivity contribution in [3.05, 3.63) is 41.7 Å². The fraction of sp³-hybridized carbons (Fsp3) is 0.444. The Hall–Kier alpha value is -2.26. The molecule has 10 heteroatoms. The molecule has 0 saturated carbocycles. The standard InChI is InChI=1S/C18H21F3N4O2.ClH/c1-2-27-16-6-5-12(18(19,20)21)10-15(16)23-17(26)14-7-9-25(24-14)13-4-3-8-22-11-13;/h5-7,9-10,13,22H,2-4,8,11H2,1H3,(H,23,26);1H. The molecular weight excluding hydrogens is 397 g/mol. The zero-order valence-electron chi connectivity index (χ0n) is 15.3. The summed E-state index contributed by atoms with van der Waals surface area (Å²) in [7, 11) is 0. The number of hydrogen-bond acceptors (Lipinski definition) is 4.